The Labute approximate surface area is 165 Å². The van der Waals surface area contributed by atoms with Crippen molar-refractivity contribution in [3.63, 3.8) is 0 Å². The van der Waals surface area contributed by atoms with Gasteiger partial charge in [-0.3, -0.25) is 9.59 Å². The summed E-state index contributed by atoms with van der Waals surface area (Å²) in [5.74, 6) is 1.76. The topological polar surface area (TPSA) is 43.9 Å². The predicted molar refractivity (Wildman–Crippen MR) is 108 cm³/mol. The molecule has 0 unspecified atom stereocenters. The van der Waals surface area contributed by atoms with Crippen LogP contribution in [0.3, 0.4) is 0 Å². The summed E-state index contributed by atoms with van der Waals surface area (Å²) in [4.78, 5) is 32.5. The Bertz CT molecular complexity index is 534. The second-order valence-electron chi connectivity index (χ2n) is 10.2. The molecule has 0 saturated carbocycles. The van der Waals surface area contributed by atoms with Crippen LogP contribution in [0.2, 0.25) is 0 Å². The standard InChI is InChI=1S/C22H39N3O2/c1-17-9-13-23(14-10-17)15-18-7-5-11-24(16-18)20(26)19-8-6-12-25(19)21(27)22(2,3)4/h17-19H,5-16H2,1-4H3/t18-,19-/m0/s1. The third kappa shape index (κ3) is 5.04. The number of hydrogen-bond acceptors (Lipinski definition) is 3. The number of piperidine rings is 2. The molecule has 3 aliphatic heterocycles. The summed E-state index contributed by atoms with van der Waals surface area (Å²) in [6.07, 6.45) is 6.71. The van der Waals surface area contributed by atoms with E-state index < -0.39 is 5.41 Å². The quantitative estimate of drug-likeness (QED) is 0.759. The van der Waals surface area contributed by atoms with Crippen LogP contribution in [0.5, 0.6) is 0 Å². The van der Waals surface area contributed by atoms with Crippen molar-refractivity contribution < 1.29 is 9.59 Å². The van der Waals surface area contributed by atoms with Crippen molar-refractivity contribution in [2.45, 2.75) is 72.3 Å². The molecular weight excluding hydrogens is 338 g/mol. The van der Waals surface area contributed by atoms with Gasteiger partial charge in [-0.05, 0) is 63.5 Å². The molecular formula is C22H39N3O2. The molecule has 0 aromatic heterocycles. The first kappa shape index (κ1) is 20.6. The molecule has 0 aromatic rings. The average molecular weight is 378 g/mol. The van der Waals surface area contributed by atoms with Gasteiger partial charge in [-0.25, -0.2) is 0 Å². The maximum Gasteiger partial charge on any atom is 0.245 e. The van der Waals surface area contributed by atoms with Crippen molar-refractivity contribution in [1.82, 2.24) is 14.7 Å². The molecule has 154 valence electrons. The summed E-state index contributed by atoms with van der Waals surface area (Å²) >= 11 is 0. The second-order valence-corrected chi connectivity index (χ2v) is 10.2. The summed E-state index contributed by atoms with van der Waals surface area (Å²) in [5, 5.41) is 0. The zero-order valence-corrected chi connectivity index (χ0v) is 17.9. The molecule has 3 heterocycles. The first-order chi connectivity index (χ1) is 12.8. The smallest absolute Gasteiger partial charge is 0.245 e. The Morgan fingerprint density at radius 1 is 0.926 bits per heavy atom. The molecule has 3 fully saturated rings. The lowest BCUT2D eigenvalue weighted by Crippen LogP contribution is -2.53. The van der Waals surface area contributed by atoms with Gasteiger partial charge in [-0.2, -0.15) is 0 Å². The molecule has 3 rings (SSSR count). The van der Waals surface area contributed by atoms with E-state index >= 15 is 0 Å². The zero-order valence-electron chi connectivity index (χ0n) is 17.9. The highest BCUT2D eigenvalue weighted by Crippen LogP contribution is 2.28. The van der Waals surface area contributed by atoms with Crippen LogP contribution in [0.1, 0.15) is 66.2 Å². The number of rotatable bonds is 3. The van der Waals surface area contributed by atoms with Crippen LogP contribution in [0, 0.1) is 17.3 Å². The van der Waals surface area contributed by atoms with Crippen molar-refractivity contribution in [1.29, 1.82) is 0 Å². The van der Waals surface area contributed by atoms with Gasteiger partial charge in [0.25, 0.3) is 0 Å². The third-order valence-electron chi connectivity index (χ3n) is 6.66. The van der Waals surface area contributed by atoms with Gasteiger partial charge in [0.2, 0.25) is 11.8 Å². The summed E-state index contributed by atoms with van der Waals surface area (Å²) in [7, 11) is 0. The fourth-order valence-electron chi connectivity index (χ4n) is 4.93. The largest absolute Gasteiger partial charge is 0.341 e. The van der Waals surface area contributed by atoms with Crippen molar-refractivity contribution in [2.24, 2.45) is 17.3 Å². The highest BCUT2D eigenvalue weighted by atomic mass is 16.2. The molecule has 2 amide bonds. The van der Waals surface area contributed by atoms with Crippen molar-refractivity contribution in [3.05, 3.63) is 0 Å². The molecule has 5 heteroatoms. The fraction of sp³-hybridized carbons (Fsp3) is 0.909. The third-order valence-corrected chi connectivity index (χ3v) is 6.66. The molecule has 0 aromatic carbocycles. The molecule has 0 spiro atoms. The average Bonchev–Trinajstić information content (AvgIpc) is 3.11. The van der Waals surface area contributed by atoms with Crippen LogP contribution in [0.25, 0.3) is 0 Å². The molecule has 3 saturated heterocycles. The number of carbonyl (C=O) groups is 2. The van der Waals surface area contributed by atoms with Crippen molar-refractivity contribution >= 4 is 11.8 Å². The normalized spacial score (nSPS) is 28.6. The van der Waals surface area contributed by atoms with E-state index in [1.54, 1.807) is 0 Å². The van der Waals surface area contributed by atoms with Gasteiger partial charge >= 0.3 is 0 Å². The maximum absolute atomic E-state index is 13.2. The van der Waals surface area contributed by atoms with Gasteiger partial charge in [0.1, 0.15) is 6.04 Å². The summed E-state index contributed by atoms with van der Waals surface area (Å²) in [6.45, 7) is 14.2. The predicted octanol–water partition coefficient (Wildman–Crippen LogP) is 2.99. The molecule has 0 N–H and O–H groups in total. The SMILES string of the molecule is CC1CCN(C[C@@H]2CCCN(C(=O)[C@@H]3CCCN3C(=O)C(C)(C)C)C2)CC1. The number of hydrogen-bond donors (Lipinski definition) is 0. The monoisotopic (exact) mass is 377 g/mol. The molecule has 0 aliphatic carbocycles. The summed E-state index contributed by atoms with van der Waals surface area (Å²) in [6, 6.07) is -0.230. The Morgan fingerprint density at radius 2 is 1.59 bits per heavy atom. The van der Waals surface area contributed by atoms with Crippen LogP contribution in [0.15, 0.2) is 0 Å². The van der Waals surface area contributed by atoms with Crippen LogP contribution in [-0.4, -0.2) is 71.8 Å². The van der Waals surface area contributed by atoms with Crippen LogP contribution in [0.4, 0.5) is 0 Å². The minimum absolute atomic E-state index is 0.120. The van der Waals surface area contributed by atoms with Crippen LogP contribution >= 0.6 is 0 Å². The van der Waals surface area contributed by atoms with Crippen LogP contribution < -0.4 is 0 Å². The summed E-state index contributed by atoms with van der Waals surface area (Å²) in [5.41, 5.74) is -0.418. The van der Waals surface area contributed by atoms with Gasteiger partial charge in [0, 0.05) is 31.6 Å². The van der Waals surface area contributed by atoms with Gasteiger partial charge in [-0.15, -0.1) is 0 Å². The van der Waals surface area contributed by atoms with Gasteiger partial charge < -0.3 is 14.7 Å². The Kier molecular flexibility index (Phi) is 6.50. The Hall–Kier alpha value is -1.10. The van der Waals surface area contributed by atoms with E-state index in [2.05, 4.69) is 16.7 Å². The molecule has 2 atom stereocenters. The highest BCUT2D eigenvalue weighted by molar-refractivity contribution is 5.90. The fourth-order valence-corrected chi connectivity index (χ4v) is 4.93. The molecule has 3 aliphatic rings. The summed E-state index contributed by atoms with van der Waals surface area (Å²) < 4.78 is 0. The first-order valence-electron chi connectivity index (χ1n) is 11.1. The second kappa shape index (κ2) is 8.50. The van der Waals surface area contributed by atoms with E-state index in [0.29, 0.717) is 5.92 Å². The number of nitrogens with zero attached hydrogens (tertiary/aromatic N) is 3. The van der Waals surface area contributed by atoms with Crippen molar-refractivity contribution in [2.75, 3.05) is 39.3 Å². The highest BCUT2D eigenvalue weighted by Gasteiger charge is 2.41. The number of carbonyl (C=O) groups excluding carboxylic acids is 2. The molecule has 5 nitrogen and oxygen atoms in total. The number of likely N-dealkylation sites (tertiary alicyclic amines) is 3. The van der Waals surface area contributed by atoms with E-state index in [-0.39, 0.29) is 17.9 Å². The van der Waals surface area contributed by atoms with Gasteiger partial charge in [0.15, 0.2) is 0 Å². The Morgan fingerprint density at radius 3 is 2.26 bits per heavy atom. The van der Waals surface area contributed by atoms with Crippen LogP contribution in [-0.2, 0) is 9.59 Å². The maximum atomic E-state index is 13.2. The van der Waals surface area contributed by atoms with E-state index in [9.17, 15) is 9.59 Å². The van der Waals surface area contributed by atoms with E-state index in [4.69, 9.17) is 0 Å². The molecule has 0 bridgehead atoms. The lowest BCUT2D eigenvalue weighted by atomic mass is 9.93. The minimum Gasteiger partial charge on any atom is -0.341 e. The minimum atomic E-state index is -0.418. The van der Waals surface area contributed by atoms with E-state index in [1.165, 1.54) is 32.4 Å². The zero-order chi connectivity index (χ0) is 19.6. The Balaban J connectivity index is 1.57. The van der Waals surface area contributed by atoms with Gasteiger partial charge in [0.05, 0.1) is 0 Å². The number of amides is 2. The van der Waals surface area contributed by atoms with E-state index in [1.807, 2.05) is 25.7 Å². The molecule has 0 radical (unpaired) electrons. The first-order valence-corrected chi connectivity index (χ1v) is 11.1. The lowest BCUT2D eigenvalue weighted by Gasteiger charge is -2.40. The lowest BCUT2D eigenvalue weighted by molar-refractivity contribution is -0.149. The van der Waals surface area contributed by atoms with Crippen molar-refractivity contribution in [3.8, 4) is 0 Å². The van der Waals surface area contributed by atoms with Gasteiger partial charge in [-0.1, -0.05) is 27.7 Å². The van der Waals surface area contributed by atoms with E-state index in [0.717, 1.165) is 51.4 Å². The molecule has 27 heavy (non-hydrogen) atoms.